The fourth-order valence-corrected chi connectivity index (χ4v) is 0. The van der Waals surface area contributed by atoms with Crippen LogP contribution in [0.1, 0.15) is 0 Å². The highest BCUT2D eigenvalue weighted by Gasteiger charge is 1.72. The summed E-state index contributed by atoms with van der Waals surface area (Å²) < 4.78 is 34.1. The van der Waals surface area contributed by atoms with Gasteiger partial charge in [-0.15, -0.1) is 0 Å². The molecule has 0 heterocycles. The fourth-order valence-electron chi connectivity index (χ4n) is 0. The third-order valence-corrected chi connectivity index (χ3v) is 0.167. The highest BCUT2D eigenvalue weighted by atomic mass is 32.3. The van der Waals surface area contributed by atoms with Crippen molar-refractivity contribution in [3.63, 3.8) is 0 Å². The second-order valence-electron chi connectivity index (χ2n) is 1.01. The molecular weight excluding hydrogens is 164 g/mol. The number of hydrogen-bond donors (Lipinski definition) is 4. The summed E-state index contributed by atoms with van der Waals surface area (Å²) in [6.07, 6.45) is 0. The summed E-state index contributed by atoms with van der Waals surface area (Å²) in [5, 5.41) is 2.00. The smallest absolute Gasteiger partial charge is 0.360 e. The molecule has 10 heavy (non-hydrogen) atoms. The Balaban J connectivity index is 0. The number of hydrazine groups is 1. The second-order valence-corrected chi connectivity index (χ2v) is 1.82. The number of rotatable bonds is 0. The first-order valence-electron chi connectivity index (χ1n) is 1.78. The molecule has 0 unspecified atom stereocenters. The van der Waals surface area contributed by atoms with Gasteiger partial charge in [-0.2, -0.15) is 5.10 Å². The van der Waals surface area contributed by atoms with Crippen LogP contribution in [0.5, 0.6) is 0 Å². The van der Waals surface area contributed by atoms with Gasteiger partial charge < -0.3 is 9.11 Å². The van der Waals surface area contributed by atoms with Gasteiger partial charge in [0.2, 0.25) is 0 Å². The fraction of sp³-hybridized carbons (Fsp3) is 0. The predicted octanol–water partition coefficient (Wildman–Crippen LogP) is -5.12. The van der Waals surface area contributed by atoms with E-state index in [1.165, 1.54) is 0 Å². The predicted molar refractivity (Wildman–Crippen MR) is 29.0 cm³/mol. The molecule has 0 spiro atoms. The van der Waals surface area contributed by atoms with Crippen molar-refractivity contribution in [2.75, 3.05) is 0 Å². The van der Waals surface area contributed by atoms with E-state index in [4.69, 9.17) is 29.0 Å². The number of nitrogens with one attached hydrogen (secondary N) is 1. The lowest BCUT2D eigenvalue weighted by Crippen LogP contribution is -2.84. The van der Waals surface area contributed by atoms with Gasteiger partial charge in [-0.05, 0) is 0 Å². The number of hydrazone groups is 1. The summed E-state index contributed by atoms with van der Waals surface area (Å²) in [5.74, 6) is 4.67. The van der Waals surface area contributed by atoms with E-state index in [2.05, 4.69) is 5.84 Å². The Morgan fingerprint density at radius 2 is 1.40 bits per heavy atom. The molecule has 0 bridgehead atoms. The van der Waals surface area contributed by atoms with E-state index in [1.807, 2.05) is 5.10 Å². The van der Waals surface area contributed by atoms with E-state index < -0.39 is 10.4 Å². The van der Waals surface area contributed by atoms with Crippen molar-refractivity contribution >= 4 is 16.4 Å². The molecular formula is CH7N4O4S-. The molecule has 0 radical (unpaired) electrons. The minimum atomic E-state index is -5.17. The largest absolute Gasteiger partial charge is 0.759 e. The van der Waals surface area contributed by atoms with Crippen LogP contribution in [-0.2, 0) is 10.4 Å². The quantitative estimate of drug-likeness (QED) is 0.0703. The van der Waals surface area contributed by atoms with Crippen molar-refractivity contribution in [3.05, 3.63) is 0 Å². The van der Waals surface area contributed by atoms with Crippen LogP contribution >= 0.6 is 0 Å². The molecule has 0 saturated carbocycles. The molecule has 0 rings (SSSR count). The first kappa shape index (κ1) is 11.7. The average Bonchev–Trinajstić information content (AvgIpc) is 1.61. The monoisotopic (exact) mass is 171 g/mol. The van der Waals surface area contributed by atoms with Crippen LogP contribution in [0.25, 0.3) is 0 Å². The number of guanidine groups is 1. The molecule has 0 atom stereocenters. The molecule has 62 valence electrons. The Kier molecular flexibility index (Phi) is 5.60. The van der Waals surface area contributed by atoms with E-state index >= 15 is 0 Å². The maximum absolute atomic E-state index is 8.52. The Morgan fingerprint density at radius 3 is 1.40 bits per heavy atom. The van der Waals surface area contributed by atoms with Crippen molar-refractivity contribution in [3.8, 4) is 0 Å². The first-order chi connectivity index (χ1) is 4.27. The van der Waals surface area contributed by atoms with Gasteiger partial charge in [0.15, 0.2) is 0 Å². The van der Waals surface area contributed by atoms with Crippen LogP contribution in [0.15, 0.2) is 0 Å². The van der Waals surface area contributed by atoms with E-state index in [1.54, 1.807) is 0 Å². The lowest BCUT2D eigenvalue weighted by molar-refractivity contribution is -0.471. The van der Waals surface area contributed by atoms with Crippen LogP contribution in [0.3, 0.4) is 0 Å². The number of nitrogens with two attached hydrogens (primary N) is 3. The van der Waals surface area contributed by atoms with Gasteiger partial charge in [0.05, 0.1) is 0 Å². The molecule has 0 aromatic rings. The molecule has 0 fully saturated rings. The van der Waals surface area contributed by atoms with E-state index in [9.17, 15) is 0 Å². The Labute approximate surface area is 57.3 Å². The first-order valence-corrected chi connectivity index (χ1v) is 3.12. The van der Waals surface area contributed by atoms with Crippen LogP contribution in [0, 0.1) is 0 Å². The third-order valence-electron chi connectivity index (χ3n) is 0.167. The average molecular weight is 171 g/mol. The molecule has 0 aliphatic heterocycles. The van der Waals surface area contributed by atoms with E-state index in [0.29, 0.717) is 0 Å². The maximum Gasteiger partial charge on any atom is 0.360 e. The SMILES string of the molecule is N[NH+]=C(N)N.O=S(=O)([O-])[O-]. The van der Waals surface area contributed by atoms with Gasteiger partial charge in [-0.1, -0.05) is 0 Å². The van der Waals surface area contributed by atoms with Gasteiger partial charge in [-0.3, -0.25) is 25.7 Å². The van der Waals surface area contributed by atoms with Crippen LogP contribution in [-0.4, -0.2) is 23.5 Å². The lowest BCUT2D eigenvalue weighted by Gasteiger charge is -2.06. The highest BCUT2D eigenvalue weighted by Crippen LogP contribution is 1.57. The van der Waals surface area contributed by atoms with Gasteiger partial charge in [-0.25, -0.2) is 0 Å². The van der Waals surface area contributed by atoms with Crippen molar-refractivity contribution in [1.29, 1.82) is 0 Å². The molecule has 9 heteroatoms. The van der Waals surface area contributed by atoms with Crippen LogP contribution in [0.4, 0.5) is 0 Å². The van der Waals surface area contributed by atoms with Crippen LogP contribution < -0.4 is 22.4 Å². The van der Waals surface area contributed by atoms with Gasteiger partial charge >= 0.3 is 5.96 Å². The van der Waals surface area contributed by atoms with E-state index in [0.717, 1.165) is 0 Å². The Hall–Kier alpha value is -1.06. The van der Waals surface area contributed by atoms with Crippen molar-refractivity contribution in [1.82, 2.24) is 0 Å². The highest BCUT2D eigenvalue weighted by molar-refractivity contribution is 7.79. The summed E-state index contributed by atoms with van der Waals surface area (Å²) in [7, 11) is -5.17. The normalized spacial score (nSPS) is 9.00. The standard InChI is InChI=1S/CH6N4.H2O4S/c2-1(3)5-4;1-5(2,3)4/h4H2,(H4,2,3,5);(H2,1,2,3,4)/p-1. The molecule has 0 aliphatic rings. The van der Waals surface area contributed by atoms with Gasteiger partial charge in [0, 0.05) is 10.4 Å². The Bertz CT molecular complexity index is 181. The van der Waals surface area contributed by atoms with Gasteiger partial charge in [0.1, 0.15) is 0 Å². The minimum absolute atomic E-state index is 0.0324. The van der Waals surface area contributed by atoms with Crippen LogP contribution in [0.2, 0.25) is 0 Å². The zero-order chi connectivity index (χ0) is 8.78. The molecule has 8 nitrogen and oxygen atoms in total. The number of hydrogen-bond acceptors (Lipinski definition) is 5. The molecule has 0 saturated heterocycles. The summed E-state index contributed by atoms with van der Waals surface area (Å²) in [6.45, 7) is 0. The molecule has 0 amide bonds. The van der Waals surface area contributed by atoms with Gasteiger partial charge in [0.25, 0.3) is 0 Å². The molecule has 0 aromatic heterocycles. The maximum atomic E-state index is 8.52. The Morgan fingerprint density at radius 1 is 1.30 bits per heavy atom. The van der Waals surface area contributed by atoms with Crippen molar-refractivity contribution < 1.29 is 22.6 Å². The minimum Gasteiger partial charge on any atom is -0.759 e. The van der Waals surface area contributed by atoms with E-state index in [-0.39, 0.29) is 5.96 Å². The van der Waals surface area contributed by atoms with Crippen molar-refractivity contribution in [2.24, 2.45) is 17.3 Å². The second kappa shape index (κ2) is 4.78. The van der Waals surface area contributed by atoms with Crippen molar-refractivity contribution in [2.45, 2.75) is 0 Å². The summed E-state index contributed by atoms with van der Waals surface area (Å²) in [5.41, 5.74) is 9.50. The summed E-state index contributed by atoms with van der Waals surface area (Å²) in [4.78, 5) is 0. The third kappa shape index (κ3) is 277. The molecule has 0 aliphatic carbocycles. The zero-order valence-electron chi connectivity index (χ0n) is 4.77. The zero-order valence-corrected chi connectivity index (χ0v) is 5.59. The topological polar surface area (TPSA) is 172 Å². The molecule has 7 N–H and O–H groups in total. The molecule has 0 aromatic carbocycles. The summed E-state index contributed by atoms with van der Waals surface area (Å²) in [6, 6.07) is 0. The summed E-state index contributed by atoms with van der Waals surface area (Å²) >= 11 is 0. The lowest BCUT2D eigenvalue weighted by atomic mass is 11.1.